The molecule has 1 atom stereocenters. The van der Waals surface area contributed by atoms with Crippen molar-refractivity contribution in [1.29, 1.82) is 0 Å². The van der Waals surface area contributed by atoms with E-state index < -0.39 is 10.0 Å². The Hall–Kier alpha value is -3.16. The van der Waals surface area contributed by atoms with E-state index >= 15 is 0 Å². The van der Waals surface area contributed by atoms with Crippen LogP contribution in [0, 0.1) is 0 Å². The minimum absolute atomic E-state index is 0.0285. The Bertz CT molecular complexity index is 1380. The summed E-state index contributed by atoms with van der Waals surface area (Å²) in [6, 6.07) is 22.7. The van der Waals surface area contributed by atoms with Gasteiger partial charge in [-0.25, -0.2) is 13.4 Å². The largest absolute Gasteiger partial charge is 0.454 e. The summed E-state index contributed by atoms with van der Waals surface area (Å²) in [5.41, 5.74) is 2.76. The van der Waals surface area contributed by atoms with Crippen LogP contribution in [0.15, 0.2) is 82.7 Å². The zero-order chi connectivity index (χ0) is 24.8. The van der Waals surface area contributed by atoms with Gasteiger partial charge in [0, 0.05) is 25.7 Å². The highest BCUT2D eigenvalue weighted by Crippen LogP contribution is 2.38. The zero-order valence-electron chi connectivity index (χ0n) is 20.6. The number of benzene rings is 3. The van der Waals surface area contributed by atoms with Crippen LogP contribution in [0.1, 0.15) is 38.8 Å². The number of ether oxygens (including phenoxy) is 1. The summed E-state index contributed by atoms with van der Waals surface area (Å²) < 4.78 is 34.8. The number of rotatable bonds is 2. The van der Waals surface area contributed by atoms with E-state index in [1.54, 1.807) is 16.4 Å². The van der Waals surface area contributed by atoms with Crippen LogP contribution >= 0.6 is 0 Å². The third kappa shape index (κ3) is 4.46. The van der Waals surface area contributed by atoms with Crippen molar-refractivity contribution in [3.63, 3.8) is 0 Å². The van der Waals surface area contributed by atoms with Crippen LogP contribution in [0.5, 0.6) is 11.5 Å². The van der Waals surface area contributed by atoms with Crippen LogP contribution in [0.25, 0.3) is 0 Å². The Morgan fingerprint density at radius 2 is 1.54 bits per heavy atom. The van der Waals surface area contributed by atoms with Crippen molar-refractivity contribution in [3.8, 4) is 11.5 Å². The van der Waals surface area contributed by atoms with E-state index in [1.165, 1.54) is 0 Å². The number of para-hydroxylation sites is 3. The molecule has 7 heteroatoms. The van der Waals surface area contributed by atoms with Gasteiger partial charge in [0.05, 0.1) is 10.5 Å². The molecule has 2 heterocycles. The number of hydrogen-bond donors (Lipinski definition) is 0. The van der Waals surface area contributed by atoms with Crippen LogP contribution in [0.2, 0.25) is 0 Å². The summed E-state index contributed by atoms with van der Waals surface area (Å²) in [6.45, 7) is 9.78. The van der Waals surface area contributed by atoms with Gasteiger partial charge >= 0.3 is 0 Å². The Morgan fingerprint density at radius 1 is 0.886 bits per heavy atom. The zero-order valence-corrected chi connectivity index (χ0v) is 21.4. The second kappa shape index (κ2) is 8.81. The molecule has 3 aromatic carbocycles. The fraction of sp³-hybridized carbons (Fsp3) is 0.321. The third-order valence-electron chi connectivity index (χ3n) is 6.63. The van der Waals surface area contributed by atoms with Crippen LogP contribution in [0.4, 0.5) is 5.69 Å². The molecule has 5 rings (SSSR count). The molecule has 0 bridgehead atoms. The van der Waals surface area contributed by atoms with E-state index in [0.717, 1.165) is 28.4 Å². The second-order valence-electron chi connectivity index (χ2n) is 10.2. The highest BCUT2D eigenvalue weighted by Gasteiger charge is 2.36. The van der Waals surface area contributed by atoms with Gasteiger partial charge in [0.25, 0.3) is 0 Å². The molecule has 1 saturated heterocycles. The molecule has 0 N–H and O–H groups in total. The SMILES string of the molecule is CC1CN(C2=Nc3ccccc3Oc3ccccc32)CCN1S(=O)(=O)c1ccc(C(C)(C)C)cc1. The van der Waals surface area contributed by atoms with Gasteiger partial charge in [-0.15, -0.1) is 0 Å². The highest BCUT2D eigenvalue weighted by atomic mass is 32.2. The summed E-state index contributed by atoms with van der Waals surface area (Å²) >= 11 is 0. The maximum Gasteiger partial charge on any atom is 0.243 e. The third-order valence-corrected chi connectivity index (χ3v) is 8.66. The molecule has 35 heavy (non-hydrogen) atoms. The van der Waals surface area contributed by atoms with Crippen molar-refractivity contribution in [1.82, 2.24) is 9.21 Å². The molecule has 0 saturated carbocycles. The number of sulfonamides is 1. The van der Waals surface area contributed by atoms with Gasteiger partial charge < -0.3 is 9.64 Å². The number of aliphatic imine (C=N–C) groups is 1. The summed E-state index contributed by atoms with van der Waals surface area (Å²) in [5, 5.41) is 0. The first-order valence-corrected chi connectivity index (χ1v) is 13.4. The molecule has 1 fully saturated rings. The van der Waals surface area contributed by atoms with Crippen LogP contribution in [-0.2, 0) is 15.4 Å². The van der Waals surface area contributed by atoms with Crippen LogP contribution in [-0.4, -0.2) is 49.1 Å². The Morgan fingerprint density at radius 3 is 2.23 bits per heavy atom. The average molecular weight is 490 g/mol. The van der Waals surface area contributed by atoms with E-state index in [9.17, 15) is 8.42 Å². The predicted octanol–water partition coefficient (Wildman–Crippen LogP) is 5.56. The molecule has 1 unspecified atom stereocenters. The first kappa shape index (κ1) is 23.6. The Labute approximate surface area is 207 Å². The molecule has 3 aromatic rings. The Kier molecular flexibility index (Phi) is 5.93. The molecule has 0 amide bonds. The summed E-state index contributed by atoms with van der Waals surface area (Å²) in [7, 11) is -3.60. The molecular formula is C28H31N3O3S. The lowest BCUT2D eigenvalue weighted by Gasteiger charge is -2.40. The standard InChI is InChI=1S/C28H31N3O3S/c1-20-19-30(17-18-31(20)35(32,33)22-15-13-21(14-16-22)28(2,3)4)27-23-9-5-7-11-25(23)34-26-12-8-6-10-24(26)29-27/h5-16,20H,17-19H2,1-4H3. The van der Waals surface area contributed by atoms with E-state index in [1.807, 2.05) is 67.6 Å². The average Bonchev–Trinajstić information content (AvgIpc) is 3.00. The van der Waals surface area contributed by atoms with Crippen molar-refractivity contribution in [2.45, 2.75) is 44.0 Å². The molecule has 2 aliphatic rings. The fourth-order valence-corrected chi connectivity index (χ4v) is 6.28. The molecule has 0 aliphatic carbocycles. The lowest BCUT2D eigenvalue weighted by Crippen LogP contribution is -2.55. The summed E-state index contributed by atoms with van der Waals surface area (Å²) in [6.07, 6.45) is 0. The molecule has 0 spiro atoms. The quantitative estimate of drug-likeness (QED) is 0.473. The van der Waals surface area contributed by atoms with E-state index in [4.69, 9.17) is 9.73 Å². The van der Waals surface area contributed by atoms with Crippen molar-refractivity contribution in [2.24, 2.45) is 4.99 Å². The first-order chi connectivity index (χ1) is 16.6. The number of hydrogen-bond acceptors (Lipinski definition) is 5. The summed E-state index contributed by atoms with van der Waals surface area (Å²) in [4.78, 5) is 7.47. The molecule has 0 aromatic heterocycles. The van der Waals surface area contributed by atoms with Gasteiger partial charge in [0.15, 0.2) is 5.75 Å². The minimum Gasteiger partial charge on any atom is -0.454 e. The van der Waals surface area contributed by atoms with Crippen molar-refractivity contribution in [3.05, 3.63) is 83.9 Å². The van der Waals surface area contributed by atoms with Crippen molar-refractivity contribution >= 4 is 21.5 Å². The fourth-order valence-electron chi connectivity index (χ4n) is 4.66. The first-order valence-electron chi connectivity index (χ1n) is 12.0. The number of nitrogens with zero attached hydrogens (tertiary/aromatic N) is 3. The monoisotopic (exact) mass is 489 g/mol. The highest BCUT2D eigenvalue weighted by molar-refractivity contribution is 7.89. The van der Waals surface area contributed by atoms with Crippen molar-refractivity contribution < 1.29 is 13.2 Å². The van der Waals surface area contributed by atoms with Gasteiger partial charge in [-0.1, -0.05) is 57.2 Å². The van der Waals surface area contributed by atoms with Gasteiger partial charge in [-0.05, 0) is 54.3 Å². The second-order valence-corrected chi connectivity index (χ2v) is 12.1. The molecule has 2 aliphatic heterocycles. The van der Waals surface area contributed by atoms with E-state index in [-0.39, 0.29) is 11.5 Å². The van der Waals surface area contributed by atoms with Crippen LogP contribution < -0.4 is 4.74 Å². The lowest BCUT2D eigenvalue weighted by atomic mass is 9.87. The smallest absolute Gasteiger partial charge is 0.243 e. The lowest BCUT2D eigenvalue weighted by molar-refractivity contribution is 0.206. The van der Waals surface area contributed by atoms with Crippen molar-refractivity contribution in [2.75, 3.05) is 19.6 Å². The van der Waals surface area contributed by atoms with Crippen LogP contribution in [0.3, 0.4) is 0 Å². The molecule has 0 radical (unpaired) electrons. The number of piperazine rings is 1. The Balaban J connectivity index is 1.42. The summed E-state index contributed by atoms with van der Waals surface area (Å²) in [5.74, 6) is 2.27. The van der Waals surface area contributed by atoms with E-state index in [2.05, 4.69) is 25.7 Å². The molecule has 182 valence electrons. The number of fused-ring (bicyclic) bond motifs is 2. The van der Waals surface area contributed by atoms with Gasteiger partial charge in [0.2, 0.25) is 10.0 Å². The topological polar surface area (TPSA) is 62.2 Å². The normalized spacial score (nSPS) is 18.7. The predicted molar refractivity (Wildman–Crippen MR) is 139 cm³/mol. The maximum atomic E-state index is 13.5. The molecule has 6 nitrogen and oxygen atoms in total. The maximum absolute atomic E-state index is 13.5. The van der Waals surface area contributed by atoms with E-state index in [0.29, 0.717) is 30.3 Å². The van der Waals surface area contributed by atoms with Gasteiger partial charge in [-0.2, -0.15) is 4.31 Å². The van der Waals surface area contributed by atoms with Gasteiger partial charge in [-0.3, -0.25) is 0 Å². The molecular weight excluding hydrogens is 458 g/mol. The van der Waals surface area contributed by atoms with Gasteiger partial charge in [0.1, 0.15) is 17.3 Å². The minimum atomic E-state index is -3.60. The number of amidine groups is 1.